The van der Waals surface area contributed by atoms with Crippen molar-refractivity contribution in [3.8, 4) is 5.75 Å². The third-order valence-electron chi connectivity index (χ3n) is 3.90. The SMILES string of the molecule is COc1ccc2cc(/C=C/C(=O)NNC(=O)c3ccc(F)cc3)ccc2c1. The summed E-state index contributed by atoms with van der Waals surface area (Å²) in [7, 11) is 1.62. The first-order valence-electron chi connectivity index (χ1n) is 8.17. The van der Waals surface area contributed by atoms with Crippen LogP contribution in [0.3, 0.4) is 0 Å². The van der Waals surface area contributed by atoms with Crippen molar-refractivity contribution >= 4 is 28.7 Å². The lowest BCUT2D eigenvalue weighted by Crippen LogP contribution is -2.40. The zero-order valence-electron chi connectivity index (χ0n) is 14.5. The molecule has 3 rings (SSSR count). The molecule has 0 bridgehead atoms. The molecule has 6 heteroatoms. The first kappa shape index (κ1) is 18.1. The van der Waals surface area contributed by atoms with Crippen molar-refractivity contribution in [3.05, 3.63) is 83.7 Å². The number of carbonyl (C=O) groups is 2. The van der Waals surface area contributed by atoms with Gasteiger partial charge in [-0.15, -0.1) is 0 Å². The van der Waals surface area contributed by atoms with Crippen LogP contribution in [0.25, 0.3) is 16.8 Å². The third kappa shape index (κ3) is 4.70. The second-order valence-corrected chi connectivity index (χ2v) is 5.76. The molecule has 3 aromatic rings. The van der Waals surface area contributed by atoms with Crippen LogP contribution in [0, 0.1) is 5.82 Å². The molecule has 5 nitrogen and oxygen atoms in total. The molecule has 0 spiro atoms. The lowest BCUT2D eigenvalue weighted by atomic mass is 10.1. The second kappa shape index (κ2) is 8.14. The number of hydrogen-bond acceptors (Lipinski definition) is 3. The molecule has 2 N–H and O–H groups in total. The molecule has 0 aliphatic heterocycles. The number of benzene rings is 3. The molecule has 0 unspecified atom stereocenters. The number of nitrogens with one attached hydrogen (secondary N) is 2. The van der Waals surface area contributed by atoms with Crippen molar-refractivity contribution < 1.29 is 18.7 Å². The maximum atomic E-state index is 12.8. The summed E-state index contributed by atoms with van der Waals surface area (Å²) in [6.45, 7) is 0. The van der Waals surface area contributed by atoms with Crippen LogP contribution in [0.15, 0.2) is 66.7 Å². The van der Waals surface area contributed by atoms with Gasteiger partial charge in [0.15, 0.2) is 0 Å². The van der Waals surface area contributed by atoms with Crippen LogP contribution >= 0.6 is 0 Å². The molecule has 0 aromatic heterocycles. The Morgan fingerprint density at radius 3 is 2.37 bits per heavy atom. The molecule has 0 atom stereocenters. The number of hydrazine groups is 1. The minimum atomic E-state index is -0.531. The van der Waals surface area contributed by atoms with Gasteiger partial charge in [0, 0.05) is 11.6 Å². The third-order valence-corrected chi connectivity index (χ3v) is 3.90. The average molecular weight is 364 g/mol. The van der Waals surface area contributed by atoms with E-state index < -0.39 is 17.6 Å². The van der Waals surface area contributed by atoms with E-state index in [0.717, 1.165) is 22.1 Å². The molecular formula is C21H17FN2O3. The smallest absolute Gasteiger partial charge is 0.269 e. The van der Waals surface area contributed by atoms with Crippen LogP contribution in [0.4, 0.5) is 4.39 Å². The van der Waals surface area contributed by atoms with Crippen LogP contribution in [0.5, 0.6) is 5.75 Å². The summed E-state index contributed by atoms with van der Waals surface area (Å²) in [6, 6.07) is 16.5. The van der Waals surface area contributed by atoms with Crippen molar-refractivity contribution in [1.29, 1.82) is 0 Å². The molecule has 27 heavy (non-hydrogen) atoms. The van der Waals surface area contributed by atoms with Gasteiger partial charge < -0.3 is 4.74 Å². The topological polar surface area (TPSA) is 67.4 Å². The summed E-state index contributed by atoms with van der Waals surface area (Å²) in [5.74, 6) is -0.675. The highest BCUT2D eigenvalue weighted by molar-refractivity contribution is 5.98. The number of amides is 2. The van der Waals surface area contributed by atoms with Gasteiger partial charge >= 0.3 is 0 Å². The number of fused-ring (bicyclic) bond motifs is 1. The second-order valence-electron chi connectivity index (χ2n) is 5.76. The molecule has 3 aromatic carbocycles. The van der Waals surface area contributed by atoms with Crippen molar-refractivity contribution in [3.63, 3.8) is 0 Å². The van der Waals surface area contributed by atoms with E-state index >= 15 is 0 Å². The summed E-state index contributed by atoms with van der Waals surface area (Å²) in [4.78, 5) is 23.7. The molecule has 0 fully saturated rings. The van der Waals surface area contributed by atoms with Crippen molar-refractivity contribution in [2.75, 3.05) is 7.11 Å². The molecule has 0 saturated carbocycles. The summed E-state index contributed by atoms with van der Waals surface area (Å²) in [5.41, 5.74) is 5.63. The zero-order chi connectivity index (χ0) is 19.2. The van der Waals surface area contributed by atoms with Crippen LogP contribution in [-0.2, 0) is 4.79 Å². The van der Waals surface area contributed by atoms with Gasteiger partial charge in [-0.05, 0) is 64.9 Å². The number of hydrogen-bond donors (Lipinski definition) is 2. The maximum absolute atomic E-state index is 12.8. The molecule has 2 amide bonds. The summed E-state index contributed by atoms with van der Waals surface area (Å²) in [5, 5.41) is 2.05. The minimum Gasteiger partial charge on any atom is -0.497 e. The quantitative estimate of drug-likeness (QED) is 0.550. The van der Waals surface area contributed by atoms with Crippen molar-refractivity contribution in [2.45, 2.75) is 0 Å². The Bertz CT molecular complexity index is 1010. The average Bonchev–Trinajstić information content (AvgIpc) is 2.70. The number of methoxy groups -OCH3 is 1. The van der Waals surface area contributed by atoms with Gasteiger partial charge in [-0.3, -0.25) is 20.4 Å². The fourth-order valence-corrected chi connectivity index (χ4v) is 2.48. The van der Waals surface area contributed by atoms with Gasteiger partial charge in [-0.1, -0.05) is 18.2 Å². The van der Waals surface area contributed by atoms with E-state index in [1.54, 1.807) is 13.2 Å². The Morgan fingerprint density at radius 2 is 1.63 bits per heavy atom. The predicted octanol–water partition coefficient (Wildman–Crippen LogP) is 3.46. The normalized spacial score (nSPS) is 10.7. The highest BCUT2D eigenvalue weighted by Crippen LogP contribution is 2.22. The fourth-order valence-electron chi connectivity index (χ4n) is 2.48. The Balaban J connectivity index is 1.60. The Hall–Kier alpha value is -3.67. The van der Waals surface area contributed by atoms with Gasteiger partial charge in [-0.2, -0.15) is 0 Å². The van der Waals surface area contributed by atoms with Crippen molar-refractivity contribution in [2.24, 2.45) is 0 Å². The fraction of sp³-hybridized carbons (Fsp3) is 0.0476. The van der Waals surface area contributed by atoms with Gasteiger partial charge in [0.1, 0.15) is 11.6 Å². The Kier molecular flexibility index (Phi) is 5.47. The van der Waals surface area contributed by atoms with Gasteiger partial charge in [0.2, 0.25) is 0 Å². The molecule has 0 aliphatic carbocycles. The Morgan fingerprint density at radius 1 is 0.926 bits per heavy atom. The highest BCUT2D eigenvalue weighted by atomic mass is 19.1. The van der Waals surface area contributed by atoms with Gasteiger partial charge in [0.25, 0.3) is 11.8 Å². The number of carbonyl (C=O) groups excluding carboxylic acids is 2. The van der Waals surface area contributed by atoms with Gasteiger partial charge in [-0.25, -0.2) is 4.39 Å². The van der Waals surface area contributed by atoms with E-state index in [9.17, 15) is 14.0 Å². The van der Waals surface area contributed by atoms with E-state index in [-0.39, 0.29) is 5.56 Å². The number of halogens is 1. The van der Waals surface area contributed by atoms with E-state index in [1.165, 1.54) is 30.3 Å². The number of ether oxygens (including phenoxy) is 1. The van der Waals surface area contributed by atoms with Gasteiger partial charge in [0.05, 0.1) is 7.11 Å². The van der Waals surface area contributed by atoms with E-state index in [2.05, 4.69) is 10.9 Å². The Labute approximate surface area is 155 Å². The van der Waals surface area contributed by atoms with E-state index in [4.69, 9.17) is 4.74 Å². The van der Waals surface area contributed by atoms with E-state index in [1.807, 2.05) is 36.4 Å². The molecule has 0 aliphatic rings. The van der Waals surface area contributed by atoms with E-state index in [0.29, 0.717) is 0 Å². The summed E-state index contributed by atoms with van der Waals surface area (Å²) in [6.07, 6.45) is 2.96. The first-order valence-corrected chi connectivity index (χ1v) is 8.17. The maximum Gasteiger partial charge on any atom is 0.269 e. The first-order chi connectivity index (χ1) is 13.0. The molecular weight excluding hydrogens is 347 g/mol. The standard InChI is InChI=1S/C21H17FN2O3/c1-27-19-10-7-16-12-14(2-4-17(16)13-19)3-11-20(25)23-24-21(26)15-5-8-18(22)9-6-15/h2-13H,1H3,(H,23,25)(H,24,26)/b11-3+. The lowest BCUT2D eigenvalue weighted by molar-refractivity contribution is -0.117. The zero-order valence-corrected chi connectivity index (χ0v) is 14.5. The largest absolute Gasteiger partial charge is 0.497 e. The van der Waals surface area contributed by atoms with Crippen LogP contribution in [0.1, 0.15) is 15.9 Å². The summed E-state index contributed by atoms with van der Waals surface area (Å²) >= 11 is 0. The number of rotatable bonds is 4. The monoisotopic (exact) mass is 364 g/mol. The molecule has 0 radical (unpaired) electrons. The van der Waals surface area contributed by atoms with Crippen LogP contribution < -0.4 is 15.6 Å². The minimum absolute atomic E-state index is 0.241. The van der Waals surface area contributed by atoms with Crippen molar-refractivity contribution in [1.82, 2.24) is 10.9 Å². The predicted molar refractivity (Wildman–Crippen MR) is 102 cm³/mol. The molecule has 0 heterocycles. The lowest BCUT2D eigenvalue weighted by Gasteiger charge is -2.05. The highest BCUT2D eigenvalue weighted by Gasteiger charge is 2.06. The summed E-state index contributed by atoms with van der Waals surface area (Å²) < 4.78 is 18.0. The van der Waals surface area contributed by atoms with Crippen LogP contribution in [0.2, 0.25) is 0 Å². The molecule has 0 saturated heterocycles. The van der Waals surface area contributed by atoms with Crippen LogP contribution in [-0.4, -0.2) is 18.9 Å². The molecule has 136 valence electrons.